The molecule has 0 atom stereocenters. The van der Waals surface area contributed by atoms with E-state index in [1.54, 1.807) is 50.4 Å². The van der Waals surface area contributed by atoms with Gasteiger partial charge in [-0.25, -0.2) is 9.18 Å². The number of nitrogens with zero attached hydrogens (tertiary/aromatic N) is 2. The van der Waals surface area contributed by atoms with Gasteiger partial charge in [0.2, 0.25) is 0 Å². The van der Waals surface area contributed by atoms with Crippen LogP contribution in [0.15, 0.2) is 24.3 Å². The molecular formula is C15H21FN2O2. The van der Waals surface area contributed by atoms with Crippen molar-refractivity contribution in [3.05, 3.63) is 29.8 Å². The SMILES string of the molecule is COc1cccc(C2(F)CCN(C(=O)N(C)C)CC2)c1. The molecule has 1 aliphatic rings. The van der Waals surface area contributed by atoms with Crippen LogP contribution in [0.2, 0.25) is 0 Å². The second-order valence-corrected chi connectivity index (χ2v) is 5.36. The number of benzene rings is 1. The molecule has 4 nitrogen and oxygen atoms in total. The minimum Gasteiger partial charge on any atom is -0.497 e. The molecule has 1 aromatic carbocycles. The van der Waals surface area contributed by atoms with E-state index in [1.165, 1.54) is 4.90 Å². The Kier molecular flexibility index (Phi) is 4.16. The first-order chi connectivity index (χ1) is 9.46. The van der Waals surface area contributed by atoms with Crippen molar-refractivity contribution < 1.29 is 13.9 Å². The number of ether oxygens (including phenoxy) is 1. The molecule has 0 spiro atoms. The van der Waals surface area contributed by atoms with Crippen LogP contribution in [0.25, 0.3) is 0 Å². The van der Waals surface area contributed by atoms with E-state index in [9.17, 15) is 4.79 Å². The summed E-state index contributed by atoms with van der Waals surface area (Å²) < 4.78 is 20.2. The van der Waals surface area contributed by atoms with Crippen LogP contribution in [-0.2, 0) is 5.67 Å². The Bertz CT molecular complexity index is 483. The predicted octanol–water partition coefficient (Wildman–Crippen LogP) is 2.64. The number of rotatable bonds is 2. The van der Waals surface area contributed by atoms with Gasteiger partial charge in [-0.2, -0.15) is 0 Å². The summed E-state index contributed by atoms with van der Waals surface area (Å²) in [5, 5.41) is 0. The van der Waals surface area contributed by atoms with Crippen LogP contribution < -0.4 is 4.74 Å². The zero-order valence-electron chi connectivity index (χ0n) is 12.2. The Labute approximate surface area is 119 Å². The number of piperidine rings is 1. The van der Waals surface area contributed by atoms with E-state index < -0.39 is 5.67 Å². The summed E-state index contributed by atoms with van der Waals surface area (Å²) in [6, 6.07) is 7.07. The second kappa shape index (κ2) is 5.69. The number of alkyl halides is 1. The third-order valence-electron chi connectivity index (χ3n) is 3.80. The Morgan fingerprint density at radius 1 is 1.35 bits per heavy atom. The van der Waals surface area contributed by atoms with Crippen molar-refractivity contribution in [1.29, 1.82) is 0 Å². The molecule has 1 aliphatic heterocycles. The number of halogens is 1. The van der Waals surface area contributed by atoms with Crippen molar-refractivity contribution in [3.8, 4) is 5.75 Å². The highest BCUT2D eigenvalue weighted by Gasteiger charge is 2.38. The molecule has 0 aromatic heterocycles. The number of hydrogen-bond donors (Lipinski definition) is 0. The number of hydrogen-bond acceptors (Lipinski definition) is 2. The topological polar surface area (TPSA) is 32.8 Å². The highest BCUT2D eigenvalue weighted by Crippen LogP contribution is 2.38. The van der Waals surface area contributed by atoms with Crippen molar-refractivity contribution in [1.82, 2.24) is 9.80 Å². The quantitative estimate of drug-likeness (QED) is 0.834. The molecule has 1 fully saturated rings. The third kappa shape index (κ3) is 2.86. The van der Waals surface area contributed by atoms with Crippen LogP contribution in [0, 0.1) is 0 Å². The minimum absolute atomic E-state index is 0.0577. The Balaban J connectivity index is 2.09. The molecule has 0 bridgehead atoms. The summed E-state index contributed by atoms with van der Waals surface area (Å²) in [5.41, 5.74) is -0.744. The van der Waals surface area contributed by atoms with Crippen molar-refractivity contribution in [2.24, 2.45) is 0 Å². The summed E-state index contributed by atoms with van der Waals surface area (Å²) in [6.45, 7) is 0.870. The van der Waals surface area contributed by atoms with Crippen LogP contribution in [0.1, 0.15) is 18.4 Å². The number of likely N-dealkylation sites (tertiary alicyclic amines) is 1. The van der Waals surface area contributed by atoms with E-state index in [-0.39, 0.29) is 6.03 Å². The lowest BCUT2D eigenvalue weighted by Gasteiger charge is -2.37. The summed E-state index contributed by atoms with van der Waals surface area (Å²) in [5.74, 6) is 0.659. The molecule has 0 aliphatic carbocycles. The number of carbonyl (C=O) groups excluding carboxylic acids is 1. The zero-order chi connectivity index (χ0) is 14.8. The maximum atomic E-state index is 15.1. The van der Waals surface area contributed by atoms with Gasteiger partial charge in [-0.05, 0) is 17.7 Å². The van der Waals surface area contributed by atoms with Crippen molar-refractivity contribution >= 4 is 6.03 Å². The first kappa shape index (κ1) is 14.6. The average molecular weight is 280 g/mol. The fourth-order valence-corrected chi connectivity index (χ4v) is 2.53. The molecule has 2 amide bonds. The molecule has 1 aromatic rings. The molecule has 1 heterocycles. The lowest BCUT2D eigenvalue weighted by atomic mass is 9.86. The number of carbonyl (C=O) groups is 1. The van der Waals surface area contributed by atoms with Gasteiger partial charge in [0, 0.05) is 40.0 Å². The lowest BCUT2D eigenvalue weighted by molar-refractivity contribution is 0.0627. The fourth-order valence-electron chi connectivity index (χ4n) is 2.53. The predicted molar refractivity (Wildman–Crippen MR) is 75.7 cm³/mol. The van der Waals surface area contributed by atoms with Crippen LogP contribution in [0.3, 0.4) is 0 Å². The molecule has 0 radical (unpaired) electrons. The van der Waals surface area contributed by atoms with Crippen molar-refractivity contribution in [2.75, 3.05) is 34.3 Å². The van der Waals surface area contributed by atoms with Crippen molar-refractivity contribution in [3.63, 3.8) is 0 Å². The molecule has 0 saturated carbocycles. The Morgan fingerprint density at radius 2 is 2.00 bits per heavy atom. The number of amides is 2. The summed E-state index contributed by atoms with van der Waals surface area (Å²) >= 11 is 0. The first-order valence-corrected chi connectivity index (χ1v) is 6.76. The van der Waals surface area contributed by atoms with Crippen molar-refractivity contribution in [2.45, 2.75) is 18.5 Å². The molecule has 0 N–H and O–H groups in total. The largest absolute Gasteiger partial charge is 0.497 e. The molecule has 110 valence electrons. The maximum absolute atomic E-state index is 15.1. The zero-order valence-corrected chi connectivity index (χ0v) is 12.2. The summed E-state index contributed by atoms with van der Waals surface area (Å²) in [4.78, 5) is 15.1. The molecule has 2 rings (SSSR count). The summed E-state index contributed by atoms with van der Waals surface area (Å²) in [7, 11) is 4.99. The van der Waals surface area contributed by atoms with Gasteiger partial charge < -0.3 is 14.5 Å². The minimum atomic E-state index is -1.38. The molecule has 20 heavy (non-hydrogen) atoms. The van der Waals surface area contributed by atoms with Gasteiger partial charge in [-0.15, -0.1) is 0 Å². The van der Waals surface area contributed by atoms with E-state index in [0.717, 1.165) is 0 Å². The molecule has 5 heteroatoms. The maximum Gasteiger partial charge on any atom is 0.319 e. The standard InChI is InChI=1S/C15H21FN2O2/c1-17(2)14(19)18-9-7-15(16,8-10-18)12-5-4-6-13(11-12)20-3/h4-6,11H,7-10H2,1-3H3. The van der Waals surface area contributed by atoms with Crippen LogP contribution in [0.5, 0.6) is 5.75 Å². The first-order valence-electron chi connectivity index (χ1n) is 6.76. The molecule has 1 saturated heterocycles. The third-order valence-corrected chi connectivity index (χ3v) is 3.80. The van der Waals surface area contributed by atoms with Crippen LogP contribution >= 0.6 is 0 Å². The number of urea groups is 1. The van der Waals surface area contributed by atoms with Gasteiger partial charge in [0.05, 0.1) is 7.11 Å². The van der Waals surface area contributed by atoms with Gasteiger partial charge in [-0.3, -0.25) is 0 Å². The normalized spacial score (nSPS) is 17.7. The van der Waals surface area contributed by atoms with Gasteiger partial charge in [-0.1, -0.05) is 12.1 Å². The van der Waals surface area contributed by atoms with Gasteiger partial charge >= 0.3 is 6.03 Å². The fraction of sp³-hybridized carbons (Fsp3) is 0.533. The van der Waals surface area contributed by atoms with E-state index in [0.29, 0.717) is 37.2 Å². The lowest BCUT2D eigenvalue weighted by Crippen LogP contribution is -2.47. The van der Waals surface area contributed by atoms with E-state index in [2.05, 4.69) is 0 Å². The molecule has 0 unspecified atom stereocenters. The van der Waals surface area contributed by atoms with E-state index >= 15 is 4.39 Å². The van der Waals surface area contributed by atoms with Crippen LogP contribution in [-0.4, -0.2) is 50.1 Å². The Hall–Kier alpha value is -1.78. The smallest absolute Gasteiger partial charge is 0.319 e. The monoisotopic (exact) mass is 280 g/mol. The van der Waals surface area contributed by atoms with Gasteiger partial charge in [0.15, 0.2) is 0 Å². The van der Waals surface area contributed by atoms with Gasteiger partial charge in [0.1, 0.15) is 11.4 Å². The van der Waals surface area contributed by atoms with Crippen LogP contribution in [0.4, 0.5) is 9.18 Å². The molecular weight excluding hydrogens is 259 g/mol. The van der Waals surface area contributed by atoms with E-state index in [1.807, 2.05) is 0 Å². The highest BCUT2D eigenvalue weighted by atomic mass is 19.1. The highest BCUT2D eigenvalue weighted by molar-refractivity contribution is 5.73. The average Bonchev–Trinajstić information content (AvgIpc) is 2.47. The Morgan fingerprint density at radius 3 is 2.55 bits per heavy atom. The van der Waals surface area contributed by atoms with E-state index in [4.69, 9.17) is 4.74 Å². The number of methoxy groups -OCH3 is 1. The second-order valence-electron chi connectivity index (χ2n) is 5.36. The van der Waals surface area contributed by atoms with Gasteiger partial charge in [0.25, 0.3) is 0 Å². The summed E-state index contributed by atoms with van der Waals surface area (Å²) in [6.07, 6.45) is 0.638.